The smallest absolute Gasteiger partial charge is 0.217 e. The second-order valence-electron chi connectivity index (χ2n) is 4.09. The van der Waals surface area contributed by atoms with E-state index in [9.17, 15) is 4.79 Å². The molecule has 0 bridgehead atoms. The van der Waals surface area contributed by atoms with Gasteiger partial charge in [0.05, 0.1) is 0 Å². The topological polar surface area (TPSA) is 80.9 Å². The van der Waals surface area contributed by atoms with E-state index in [1.54, 1.807) is 0 Å². The van der Waals surface area contributed by atoms with Crippen LogP contribution in [0, 0.1) is 0 Å². The zero-order chi connectivity index (χ0) is 13.4. The normalized spacial score (nSPS) is 10.3. The Balaban J connectivity index is 2.39. The number of halogens is 1. The summed E-state index contributed by atoms with van der Waals surface area (Å²) < 4.78 is 0.792. The molecule has 1 aromatic heterocycles. The monoisotopic (exact) mass is 314 g/mol. The van der Waals surface area contributed by atoms with Crippen molar-refractivity contribution in [2.45, 2.75) is 39.0 Å². The molecule has 0 spiro atoms. The Labute approximate surface area is 116 Å². The molecule has 0 aliphatic rings. The van der Waals surface area contributed by atoms with Crippen LogP contribution in [-0.4, -0.2) is 22.4 Å². The lowest BCUT2D eigenvalue weighted by Crippen LogP contribution is -2.11. The van der Waals surface area contributed by atoms with Crippen LogP contribution < -0.4 is 11.1 Å². The molecule has 0 atom stereocenters. The van der Waals surface area contributed by atoms with Crippen molar-refractivity contribution in [3.8, 4) is 0 Å². The van der Waals surface area contributed by atoms with Crippen molar-refractivity contribution >= 4 is 27.7 Å². The third-order valence-electron chi connectivity index (χ3n) is 2.37. The fraction of sp³-hybridized carbons (Fsp3) is 0.583. The maximum absolute atomic E-state index is 10.6. The van der Waals surface area contributed by atoms with E-state index < -0.39 is 0 Å². The summed E-state index contributed by atoms with van der Waals surface area (Å²) in [5.74, 6) is 1.41. The Morgan fingerprint density at radius 1 is 1.44 bits per heavy atom. The number of carbonyl (C=O) groups is 1. The molecular weight excluding hydrogens is 296 g/mol. The Kier molecular flexibility index (Phi) is 6.64. The van der Waals surface area contributed by atoms with Gasteiger partial charge < -0.3 is 11.1 Å². The highest BCUT2D eigenvalue weighted by molar-refractivity contribution is 9.10. The molecule has 1 heterocycles. The first-order valence-electron chi connectivity index (χ1n) is 6.17. The number of hydrogen-bond donors (Lipinski definition) is 2. The predicted molar refractivity (Wildman–Crippen MR) is 75.3 cm³/mol. The molecule has 18 heavy (non-hydrogen) atoms. The van der Waals surface area contributed by atoms with Gasteiger partial charge in [0.25, 0.3) is 0 Å². The van der Waals surface area contributed by atoms with Crippen molar-refractivity contribution in [3.05, 3.63) is 16.5 Å². The number of nitrogens with zero attached hydrogens (tertiary/aromatic N) is 2. The van der Waals surface area contributed by atoms with Gasteiger partial charge in [0.2, 0.25) is 5.91 Å². The van der Waals surface area contributed by atoms with Crippen LogP contribution in [-0.2, 0) is 11.2 Å². The Morgan fingerprint density at radius 3 is 2.89 bits per heavy atom. The maximum Gasteiger partial charge on any atom is 0.217 e. The number of nitrogens with two attached hydrogens (primary N) is 1. The van der Waals surface area contributed by atoms with Crippen molar-refractivity contribution in [1.82, 2.24) is 9.97 Å². The summed E-state index contributed by atoms with van der Waals surface area (Å²) in [5.41, 5.74) is 5.07. The molecular formula is C12H19BrN4O. The van der Waals surface area contributed by atoms with Crippen LogP contribution in [0.1, 0.15) is 38.4 Å². The predicted octanol–water partition coefficient (Wildman–Crippen LogP) is 2.26. The van der Waals surface area contributed by atoms with Crippen molar-refractivity contribution < 1.29 is 4.79 Å². The molecule has 0 fully saturated rings. The fourth-order valence-corrected chi connectivity index (χ4v) is 1.95. The largest absolute Gasteiger partial charge is 0.370 e. The van der Waals surface area contributed by atoms with E-state index in [1.165, 1.54) is 0 Å². The molecule has 0 unspecified atom stereocenters. The minimum Gasteiger partial charge on any atom is -0.370 e. The van der Waals surface area contributed by atoms with Crippen molar-refractivity contribution in [3.63, 3.8) is 0 Å². The van der Waals surface area contributed by atoms with Crippen LogP contribution in [0.3, 0.4) is 0 Å². The second-order valence-corrected chi connectivity index (χ2v) is 4.90. The van der Waals surface area contributed by atoms with Gasteiger partial charge in [-0.05, 0) is 35.2 Å². The van der Waals surface area contributed by atoms with Gasteiger partial charge in [-0.1, -0.05) is 6.92 Å². The number of amides is 1. The highest BCUT2D eigenvalue weighted by atomic mass is 79.9. The molecule has 1 rings (SSSR count). The van der Waals surface area contributed by atoms with Crippen molar-refractivity contribution in [2.75, 3.05) is 11.9 Å². The van der Waals surface area contributed by atoms with Crippen LogP contribution in [0.15, 0.2) is 10.7 Å². The minimum absolute atomic E-state index is 0.245. The fourth-order valence-electron chi connectivity index (χ4n) is 1.53. The standard InChI is InChI=1S/C12H19BrN4O/c1-2-5-11-16-9(13)8-12(17-11)15-7-4-3-6-10(14)18/h8H,2-7H2,1H3,(H2,14,18)(H,15,16,17). The molecule has 0 aliphatic carbocycles. The maximum atomic E-state index is 10.6. The molecule has 0 saturated carbocycles. The number of nitrogens with one attached hydrogen (secondary N) is 1. The lowest BCUT2D eigenvalue weighted by atomic mass is 10.2. The van der Waals surface area contributed by atoms with Crippen LogP contribution >= 0.6 is 15.9 Å². The van der Waals surface area contributed by atoms with Crippen LogP contribution in [0.2, 0.25) is 0 Å². The minimum atomic E-state index is -0.245. The summed E-state index contributed by atoms with van der Waals surface area (Å²) in [5, 5.41) is 3.22. The number of aromatic nitrogens is 2. The lowest BCUT2D eigenvalue weighted by Gasteiger charge is -2.07. The zero-order valence-corrected chi connectivity index (χ0v) is 12.2. The van der Waals surface area contributed by atoms with E-state index >= 15 is 0 Å². The summed E-state index contributed by atoms with van der Waals surface area (Å²) >= 11 is 3.37. The molecule has 6 heteroatoms. The Morgan fingerprint density at radius 2 is 2.22 bits per heavy atom. The molecule has 0 aliphatic heterocycles. The molecule has 100 valence electrons. The first-order chi connectivity index (χ1) is 8.61. The average Bonchev–Trinajstić information content (AvgIpc) is 2.28. The third-order valence-corrected chi connectivity index (χ3v) is 2.78. The number of unbranched alkanes of at least 4 members (excludes halogenated alkanes) is 1. The molecule has 0 radical (unpaired) electrons. The number of rotatable bonds is 8. The third kappa shape index (κ3) is 5.95. The van der Waals surface area contributed by atoms with Crippen LogP contribution in [0.5, 0.6) is 0 Å². The van der Waals surface area contributed by atoms with Crippen molar-refractivity contribution in [1.29, 1.82) is 0 Å². The molecule has 1 amide bonds. The van der Waals surface area contributed by atoms with E-state index in [4.69, 9.17) is 5.73 Å². The lowest BCUT2D eigenvalue weighted by molar-refractivity contribution is -0.118. The van der Waals surface area contributed by atoms with Crippen molar-refractivity contribution in [2.24, 2.45) is 5.73 Å². The van der Waals surface area contributed by atoms with E-state index in [1.807, 2.05) is 6.07 Å². The van der Waals surface area contributed by atoms with E-state index in [-0.39, 0.29) is 5.91 Å². The van der Waals surface area contributed by atoms with Gasteiger partial charge in [-0.2, -0.15) is 0 Å². The van der Waals surface area contributed by atoms with Gasteiger partial charge in [0.1, 0.15) is 16.2 Å². The van der Waals surface area contributed by atoms with Gasteiger partial charge in [-0.25, -0.2) is 9.97 Å². The summed E-state index contributed by atoms with van der Waals surface area (Å²) in [6.07, 6.45) is 4.03. The Bertz CT molecular complexity index is 398. The van der Waals surface area contributed by atoms with E-state index in [0.717, 1.165) is 48.5 Å². The number of primary amides is 1. The summed E-state index contributed by atoms with van der Waals surface area (Å²) in [4.78, 5) is 19.3. The van der Waals surface area contributed by atoms with Gasteiger partial charge in [-0.15, -0.1) is 0 Å². The number of aryl methyl sites for hydroxylation is 1. The zero-order valence-electron chi connectivity index (χ0n) is 10.6. The highest BCUT2D eigenvalue weighted by Crippen LogP contribution is 2.13. The number of anilines is 1. The SMILES string of the molecule is CCCc1nc(Br)cc(NCCCCC(N)=O)n1. The number of hydrogen-bond acceptors (Lipinski definition) is 4. The van der Waals surface area contributed by atoms with Crippen LogP contribution in [0.25, 0.3) is 0 Å². The van der Waals surface area contributed by atoms with Gasteiger partial charge in [0.15, 0.2) is 0 Å². The molecule has 5 nitrogen and oxygen atoms in total. The van der Waals surface area contributed by atoms with E-state index in [2.05, 4.69) is 38.1 Å². The Hall–Kier alpha value is -1.17. The van der Waals surface area contributed by atoms with Crippen LogP contribution in [0.4, 0.5) is 5.82 Å². The molecule has 0 aromatic carbocycles. The average molecular weight is 315 g/mol. The highest BCUT2D eigenvalue weighted by Gasteiger charge is 2.02. The number of carbonyl (C=O) groups excluding carboxylic acids is 1. The van der Waals surface area contributed by atoms with E-state index in [0.29, 0.717) is 6.42 Å². The second kappa shape index (κ2) is 8.02. The molecule has 0 saturated heterocycles. The quantitative estimate of drug-likeness (QED) is 0.569. The summed E-state index contributed by atoms with van der Waals surface area (Å²) in [6.45, 7) is 2.88. The summed E-state index contributed by atoms with van der Waals surface area (Å²) in [6, 6.07) is 1.85. The summed E-state index contributed by atoms with van der Waals surface area (Å²) in [7, 11) is 0. The first kappa shape index (κ1) is 14.9. The molecule has 3 N–H and O–H groups in total. The first-order valence-corrected chi connectivity index (χ1v) is 6.96. The van der Waals surface area contributed by atoms with Gasteiger partial charge >= 0.3 is 0 Å². The molecule has 1 aromatic rings. The van der Waals surface area contributed by atoms with Gasteiger partial charge in [0, 0.05) is 25.5 Å². The van der Waals surface area contributed by atoms with Gasteiger partial charge in [-0.3, -0.25) is 4.79 Å².